The van der Waals surface area contributed by atoms with Crippen molar-refractivity contribution in [2.45, 2.75) is 39.3 Å². The lowest BCUT2D eigenvalue weighted by Crippen LogP contribution is -2.34. The Morgan fingerprint density at radius 1 is 1.35 bits per heavy atom. The van der Waals surface area contributed by atoms with Gasteiger partial charge in [0, 0.05) is 18.0 Å². The number of carbonyl (C=O) groups excluding carboxylic acids is 1. The molecule has 136 valence electrons. The number of carbonyl (C=O) groups is 1. The molecule has 3 aromatic heterocycles. The Morgan fingerprint density at radius 2 is 2.08 bits per heavy atom. The lowest BCUT2D eigenvalue weighted by atomic mass is 10.2. The fourth-order valence-electron chi connectivity index (χ4n) is 2.42. The van der Waals surface area contributed by atoms with Crippen LogP contribution in [0.2, 0.25) is 5.28 Å². The van der Waals surface area contributed by atoms with Gasteiger partial charge in [-0.3, -0.25) is 9.36 Å². The molecule has 8 nitrogen and oxygen atoms in total. The first-order valence-corrected chi connectivity index (χ1v) is 8.35. The van der Waals surface area contributed by atoms with Crippen LogP contribution in [-0.2, 0) is 9.53 Å². The van der Waals surface area contributed by atoms with Crippen LogP contribution in [0.1, 0.15) is 33.7 Å². The number of fused-ring (bicyclic) bond motifs is 1. The van der Waals surface area contributed by atoms with Crippen LogP contribution in [0, 0.1) is 0 Å². The summed E-state index contributed by atoms with van der Waals surface area (Å²) < 4.78 is 8.03. The summed E-state index contributed by atoms with van der Waals surface area (Å²) in [4.78, 5) is 33.0. The van der Waals surface area contributed by atoms with Crippen LogP contribution in [0.5, 0.6) is 0 Å². The minimum absolute atomic E-state index is 0.113. The van der Waals surface area contributed by atoms with Crippen molar-refractivity contribution in [3.05, 3.63) is 46.5 Å². The van der Waals surface area contributed by atoms with Gasteiger partial charge in [0.15, 0.2) is 0 Å². The first-order valence-electron chi connectivity index (χ1n) is 7.97. The number of nitrogens with zero attached hydrogens (tertiary/aromatic N) is 5. The fraction of sp³-hybridized carbons (Fsp3) is 0.353. The molecule has 1 unspecified atom stereocenters. The molecule has 0 aliphatic carbocycles. The second-order valence-electron chi connectivity index (χ2n) is 6.82. The van der Waals surface area contributed by atoms with Crippen molar-refractivity contribution >= 4 is 23.1 Å². The molecular formula is C17H18ClN5O3. The summed E-state index contributed by atoms with van der Waals surface area (Å²) in [6.45, 7) is 6.91. The molecule has 0 saturated carbocycles. The number of hydrogen-bond donors (Lipinski definition) is 0. The molecule has 0 spiro atoms. The number of hydrogen-bond acceptors (Lipinski definition) is 6. The topological polar surface area (TPSA) is 91.4 Å². The normalized spacial score (nSPS) is 13.0. The maximum Gasteiger partial charge on any atom is 0.329 e. The van der Waals surface area contributed by atoms with Gasteiger partial charge in [-0.25, -0.2) is 19.3 Å². The van der Waals surface area contributed by atoms with Crippen molar-refractivity contribution in [3.8, 4) is 11.3 Å². The molecule has 3 rings (SSSR count). The molecule has 26 heavy (non-hydrogen) atoms. The van der Waals surface area contributed by atoms with Crippen LogP contribution in [0.4, 0.5) is 0 Å². The fourth-order valence-corrected chi connectivity index (χ4v) is 2.56. The molecule has 0 aromatic carbocycles. The van der Waals surface area contributed by atoms with Gasteiger partial charge in [-0.1, -0.05) is 0 Å². The lowest BCUT2D eigenvalue weighted by Gasteiger charge is -2.22. The number of ether oxygens (including phenoxy) is 1. The van der Waals surface area contributed by atoms with Crippen LogP contribution in [0.15, 0.2) is 35.6 Å². The monoisotopic (exact) mass is 375 g/mol. The van der Waals surface area contributed by atoms with Gasteiger partial charge >= 0.3 is 5.97 Å². The summed E-state index contributed by atoms with van der Waals surface area (Å²) >= 11 is 5.82. The molecule has 1 atom stereocenters. The Morgan fingerprint density at radius 3 is 2.73 bits per heavy atom. The molecule has 0 bridgehead atoms. The largest absolute Gasteiger partial charge is 0.458 e. The van der Waals surface area contributed by atoms with E-state index < -0.39 is 17.6 Å². The van der Waals surface area contributed by atoms with E-state index >= 15 is 0 Å². The van der Waals surface area contributed by atoms with Gasteiger partial charge in [0.05, 0.1) is 5.69 Å². The number of halogens is 1. The van der Waals surface area contributed by atoms with Crippen molar-refractivity contribution < 1.29 is 9.53 Å². The highest BCUT2D eigenvalue weighted by molar-refractivity contribution is 6.28. The molecule has 0 N–H and O–H groups in total. The Kier molecular flexibility index (Phi) is 4.53. The van der Waals surface area contributed by atoms with Crippen molar-refractivity contribution in [2.24, 2.45) is 0 Å². The molecule has 3 aromatic rings. The second kappa shape index (κ2) is 6.53. The predicted octanol–water partition coefficient (Wildman–Crippen LogP) is 2.51. The third-order valence-corrected chi connectivity index (χ3v) is 3.82. The number of esters is 1. The van der Waals surface area contributed by atoms with E-state index in [1.54, 1.807) is 46.0 Å². The Balaban J connectivity index is 2.01. The summed E-state index contributed by atoms with van der Waals surface area (Å²) in [6, 6.07) is 2.53. The zero-order chi connectivity index (χ0) is 19.1. The van der Waals surface area contributed by atoms with Crippen molar-refractivity contribution in [2.75, 3.05) is 0 Å². The summed E-state index contributed by atoms with van der Waals surface area (Å²) in [7, 11) is 0. The van der Waals surface area contributed by atoms with Gasteiger partial charge in [-0.15, -0.1) is 0 Å². The zero-order valence-corrected chi connectivity index (χ0v) is 15.6. The average molecular weight is 376 g/mol. The standard InChI is InChI=1S/C17H18ClN5O3/c1-10(15(25)26-17(2,3)4)22-9-20-23-8-11(7-13(23)14(22)24)12-5-6-19-16(18)21-12/h5-10H,1-4H3. The van der Waals surface area contributed by atoms with Crippen molar-refractivity contribution in [1.82, 2.24) is 24.1 Å². The number of rotatable bonds is 3. The van der Waals surface area contributed by atoms with Crippen LogP contribution in [0.25, 0.3) is 16.8 Å². The molecule has 0 aliphatic heterocycles. The summed E-state index contributed by atoms with van der Waals surface area (Å²) in [6.07, 6.45) is 4.52. The van der Waals surface area contributed by atoms with E-state index in [-0.39, 0.29) is 10.8 Å². The Bertz CT molecular complexity index is 1030. The molecule has 0 amide bonds. The molecule has 9 heteroatoms. The van der Waals surface area contributed by atoms with E-state index in [9.17, 15) is 9.59 Å². The van der Waals surface area contributed by atoms with Crippen LogP contribution in [0.3, 0.4) is 0 Å². The molecule has 0 fully saturated rings. The van der Waals surface area contributed by atoms with Crippen molar-refractivity contribution in [3.63, 3.8) is 0 Å². The van der Waals surface area contributed by atoms with E-state index in [0.717, 1.165) is 0 Å². The molecule has 0 radical (unpaired) electrons. The first kappa shape index (κ1) is 18.1. The van der Waals surface area contributed by atoms with Crippen LogP contribution >= 0.6 is 11.6 Å². The second-order valence-corrected chi connectivity index (χ2v) is 7.16. The Hall–Kier alpha value is -2.74. The van der Waals surface area contributed by atoms with Gasteiger partial charge in [0.25, 0.3) is 5.56 Å². The minimum Gasteiger partial charge on any atom is -0.458 e. The van der Waals surface area contributed by atoms with Gasteiger partial charge < -0.3 is 4.74 Å². The molecule has 0 aliphatic rings. The van der Waals surface area contributed by atoms with E-state index in [2.05, 4.69) is 15.1 Å². The van der Waals surface area contributed by atoms with Gasteiger partial charge in [0.1, 0.15) is 23.5 Å². The highest BCUT2D eigenvalue weighted by Crippen LogP contribution is 2.20. The van der Waals surface area contributed by atoms with E-state index in [1.165, 1.54) is 21.6 Å². The first-order chi connectivity index (χ1) is 12.2. The van der Waals surface area contributed by atoms with E-state index in [4.69, 9.17) is 16.3 Å². The van der Waals surface area contributed by atoms with E-state index in [0.29, 0.717) is 16.8 Å². The SMILES string of the molecule is CC(C(=O)OC(C)(C)C)n1cnn2cc(-c3ccnc(Cl)n3)cc2c1=O. The summed E-state index contributed by atoms with van der Waals surface area (Å²) in [5.41, 5.74) is 0.557. The smallest absolute Gasteiger partial charge is 0.329 e. The van der Waals surface area contributed by atoms with Gasteiger partial charge in [-0.2, -0.15) is 5.10 Å². The maximum absolute atomic E-state index is 12.8. The van der Waals surface area contributed by atoms with Crippen LogP contribution < -0.4 is 5.56 Å². The quantitative estimate of drug-likeness (QED) is 0.516. The number of aromatic nitrogens is 5. The third kappa shape index (κ3) is 3.60. The highest BCUT2D eigenvalue weighted by Gasteiger charge is 2.24. The third-order valence-electron chi connectivity index (χ3n) is 3.64. The summed E-state index contributed by atoms with van der Waals surface area (Å²) in [5, 5.41) is 4.32. The van der Waals surface area contributed by atoms with Crippen LogP contribution in [-0.4, -0.2) is 35.7 Å². The van der Waals surface area contributed by atoms with E-state index in [1.807, 2.05) is 0 Å². The highest BCUT2D eigenvalue weighted by atomic mass is 35.5. The van der Waals surface area contributed by atoms with Gasteiger partial charge in [-0.05, 0) is 51.4 Å². The van der Waals surface area contributed by atoms with Gasteiger partial charge in [0.2, 0.25) is 5.28 Å². The molecular weight excluding hydrogens is 358 g/mol. The minimum atomic E-state index is -0.800. The maximum atomic E-state index is 12.8. The average Bonchev–Trinajstić information content (AvgIpc) is 2.98. The molecule has 0 saturated heterocycles. The predicted molar refractivity (Wildman–Crippen MR) is 96.0 cm³/mol. The summed E-state index contributed by atoms with van der Waals surface area (Å²) in [5.74, 6) is -0.500. The Labute approximate surface area is 154 Å². The zero-order valence-electron chi connectivity index (χ0n) is 14.8. The molecule has 3 heterocycles. The van der Waals surface area contributed by atoms with Crippen molar-refractivity contribution in [1.29, 1.82) is 0 Å². The lowest BCUT2D eigenvalue weighted by molar-refractivity contribution is -0.158.